The van der Waals surface area contributed by atoms with Crippen LogP contribution in [0.3, 0.4) is 0 Å². The van der Waals surface area contributed by atoms with Gasteiger partial charge in [0.15, 0.2) is 0 Å². The van der Waals surface area contributed by atoms with Crippen LogP contribution in [0.5, 0.6) is 0 Å². The number of nitrogens with zero attached hydrogens (tertiary/aromatic N) is 1. The zero-order valence-corrected chi connectivity index (χ0v) is 8.35. The third-order valence-corrected chi connectivity index (χ3v) is 3.05. The molecule has 1 aliphatic rings. The highest BCUT2D eigenvalue weighted by Crippen LogP contribution is 2.16. The minimum Gasteiger partial charge on any atom is -0.303 e. The molecule has 1 aliphatic heterocycles. The molecule has 1 rings (SSSR count). The Labute approximate surface area is 76.7 Å². The predicted molar refractivity (Wildman–Crippen MR) is 48.6 cm³/mol. The van der Waals surface area contributed by atoms with Crippen LogP contribution in [0, 0.1) is 0 Å². The Morgan fingerprint density at radius 2 is 2.00 bits per heavy atom. The Kier molecular flexibility index (Phi) is 4.41. The molecule has 0 atom stereocenters. The molecule has 2 nitrogen and oxygen atoms in total. The summed E-state index contributed by atoms with van der Waals surface area (Å²) in [5.74, 6) is 0. The lowest BCUT2D eigenvalue weighted by Gasteiger charge is -2.28. The third-order valence-electron chi connectivity index (χ3n) is 2.14. The molecule has 0 aromatic rings. The summed E-state index contributed by atoms with van der Waals surface area (Å²) in [7, 11) is 0. The molecule has 0 bridgehead atoms. The monoisotopic (exact) mass is 220 g/mol. The van der Waals surface area contributed by atoms with Crippen LogP contribution < -0.4 is 0 Å². The van der Waals surface area contributed by atoms with E-state index in [9.17, 15) is 5.11 Å². The molecule has 1 saturated heterocycles. The summed E-state index contributed by atoms with van der Waals surface area (Å²) < 4.78 is 0. The van der Waals surface area contributed by atoms with Crippen molar-refractivity contribution >= 4 is 15.9 Å². The van der Waals surface area contributed by atoms with Crippen LogP contribution in [0.4, 0.5) is 0 Å². The van der Waals surface area contributed by atoms with Gasteiger partial charge in [-0.15, -0.1) is 0 Å². The van der Waals surface area contributed by atoms with E-state index in [1.807, 2.05) is 0 Å². The smallest absolute Gasteiger partial charge is 0.0834 e. The fourth-order valence-electron chi connectivity index (χ4n) is 1.41. The molecule has 0 aromatic carbocycles. The van der Waals surface area contributed by atoms with Crippen molar-refractivity contribution in [1.29, 1.82) is 0 Å². The molecule has 1 fully saturated rings. The van der Waals surface area contributed by atoms with Crippen LogP contribution in [0.2, 0.25) is 0 Å². The van der Waals surface area contributed by atoms with Crippen LogP contribution in [0.25, 0.3) is 0 Å². The first-order chi connectivity index (χ1) is 5.33. The molecule has 0 unspecified atom stereocenters. The second-order valence-electron chi connectivity index (χ2n) is 3.07. The summed E-state index contributed by atoms with van der Waals surface area (Å²) in [6.07, 6.45) is 3.28. The fourth-order valence-corrected chi connectivity index (χ4v) is 1.82. The van der Waals surface area contributed by atoms with E-state index in [1.54, 1.807) is 0 Å². The van der Waals surface area contributed by atoms with Gasteiger partial charge >= 0.3 is 0 Å². The van der Waals surface area contributed by atoms with Crippen LogP contribution >= 0.6 is 15.9 Å². The fraction of sp³-hybridized carbons (Fsp3) is 1.00. The number of likely N-dealkylation sites (tertiary alicyclic amines) is 1. The molecule has 0 amide bonds. The van der Waals surface area contributed by atoms with Crippen LogP contribution in [0.1, 0.15) is 19.3 Å². The average molecular weight is 221 g/mol. The molecule has 1 radical (unpaired) electrons. The summed E-state index contributed by atoms with van der Waals surface area (Å²) in [4.78, 5) is 3.10. The van der Waals surface area contributed by atoms with Crippen molar-refractivity contribution in [2.75, 3.05) is 26.2 Å². The van der Waals surface area contributed by atoms with Gasteiger partial charge in [0.2, 0.25) is 0 Å². The Morgan fingerprint density at radius 1 is 1.36 bits per heavy atom. The molecule has 3 heteroatoms. The number of hydrogen-bond acceptors (Lipinski definition) is 1. The normalized spacial score (nSPS) is 22.4. The van der Waals surface area contributed by atoms with E-state index in [1.165, 1.54) is 12.8 Å². The predicted octanol–water partition coefficient (Wildman–Crippen LogP) is 1.67. The van der Waals surface area contributed by atoms with Crippen LogP contribution in [-0.2, 0) is 5.11 Å². The molecule has 65 valence electrons. The summed E-state index contributed by atoms with van der Waals surface area (Å²) in [6.45, 7) is 3.41. The third kappa shape index (κ3) is 3.54. The minimum atomic E-state index is 0.0776. The Balaban J connectivity index is 2.07. The second-order valence-corrected chi connectivity index (χ2v) is 4.37. The molecule has 0 spiro atoms. The van der Waals surface area contributed by atoms with Gasteiger partial charge < -0.3 is 4.90 Å². The summed E-state index contributed by atoms with van der Waals surface area (Å²) >= 11 is 3.60. The Morgan fingerprint density at radius 3 is 2.55 bits per heavy atom. The van der Waals surface area contributed by atoms with Crippen molar-refractivity contribution in [2.45, 2.75) is 24.1 Å². The maximum Gasteiger partial charge on any atom is 0.0834 e. The molecule has 0 aromatic heterocycles. The van der Waals surface area contributed by atoms with Crippen molar-refractivity contribution in [3.63, 3.8) is 0 Å². The van der Waals surface area contributed by atoms with Gasteiger partial charge in [0.05, 0.1) is 6.61 Å². The van der Waals surface area contributed by atoms with E-state index in [0.29, 0.717) is 4.83 Å². The van der Waals surface area contributed by atoms with Gasteiger partial charge in [-0.1, -0.05) is 15.9 Å². The number of alkyl halides is 1. The van der Waals surface area contributed by atoms with Gasteiger partial charge in [0.25, 0.3) is 0 Å². The van der Waals surface area contributed by atoms with Gasteiger partial charge in [-0.3, -0.25) is 0 Å². The minimum absolute atomic E-state index is 0.0776. The van der Waals surface area contributed by atoms with Gasteiger partial charge in [0, 0.05) is 11.4 Å². The standard InChI is InChI=1S/C8H15BrNO/c9-8-2-5-10(6-3-8)4-1-7-11/h8H,1-7H2. The molecule has 0 saturated carbocycles. The lowest BCUT2D eigenvalue weighted by molar-refractivity contribution is 0.157. The Bertz CT molecular complexity index is 99.5. The zero-order chi connectivity index (χ0) is 8.10. The maximum atomic E-state index is 10.2. The van der Waals surface area contributed by atoms with E-state index in [4.69, 9.17) is 0 Å². The van der Waals surface area contributed by atoms with E-state index < -0.39 is 0 Å². The van der Waals surface area contributed by atoms with E-state index in [0.717, 1.165) is 26.1 Å². The maximum absolute atomic E-state index is 10.2. The van der Waals surface area contributed by atoms with Crippen LogP contribution in [0.15, 0.2) is 0 Å². The SMILES string of the molecule is [O]CCCN1CCC(Br)CC1. The number of piperidine rings is 1. The van der Waals surface area contributed by atoms with Crippen molar-refractivity contribution in [1.82, 2.24) is 4.90 Å². The first kappa shape index (κ1) is 9.49. The van der Waals surface area contributed by atoms with Crippen molar-refractivity contribution < 1.29 is 5.11 Å². The molecule has 11 heavy (non-hydrogen) atoms. The summed E-state index contributed by atoms with van der Waals surface area (Å²) in [5.41, 5.74) is 0. The second kappa shape index (κ2) is 5.12. The molecule has 0 aliphatic carbocycles. The average Bonchev–Trinajstić information content (AvgIpc) is 2.04. The van der Waals surface area contributed by atoms with E-state index in [-0.39, 0.29) is 6.61 Å². The van der Waals surface area contributed by atoms with Gasteiger partial charge in [-0.2, -0.15) is 0 Å². The largest absolute Gasteiger partial charge is 0.303 e. The first-order valence-electron chi connectivity index (χ1n) is 4.27. The van der Waals surface area contributed by atoms with E-state index >= 15 is 0 Å². The molecule has 0 N–H and O–H groups in total. The first-order valence-corrected chi connectivity index (χ1v) is 5.19. The Hall–Kier alpha value is 0.400. The summed E-state index contributed by atoms with van der Waals surface area (Å²) in [5, 5.41) is 10.2. The highest BCUT2D eigenvalue weighted by Gasteiger charge is 2.15. The highest BCUT2D eigenvalue weighted by atomic mass is 79.9. The number of hydrogen-bond donors (Lipinski definition) is 0. The van der Waals surface area contributed by atoms with Gasteiger partial charge in [-0.05, 0) is 32.4 Å². The lowest BCUT2D eigenvalue weighted by atomic mass is 10.1. The van der Waals surface area contributed by atoms with E-state index in [2.05, 4.69) is 20.8 Å². The quantitative estimate of drug-likeness (QED) is 0.665. The van der Waals surface area contributed by atoms with Gasteiger partial charge in [0.1, 0.15) is 0 Å². The van der Waals surface area contributed by atoms with Gasteiger partial charge in [-0.25, -0.2) is 5.11 Å². The molecular weight excluding hydrogens is 206 g/mol. The topological polar surface area (TPSA) is 23.1 Å². The number of halogens is 1. The van der Waals surface area contributed by atoms with Crippen molar-refractivity contribution in [3.05, 3.63) is 0 Å². The molecular formula is C8H15BrNO. The number of rotatable bonds is 3. The van der Waals surface area contributed by atoms with Crippen molar-refractivity contribution in [2.24, 2.45) is 0 Å². The lowest BCUT2D eigenvalue weighted by Crippen LogP contribution is -2.34. The van der Waals surface area contributed by atoms with Crippen molar-refractivity contribution in [3.8, 4) is 0 Å². The zero-order valence-electron chi connectivity index (χ0n) is 6.76. The highest BCUT2D eigenvalue weighted by molar-refractivity contribution is 9.09. The summed E-state index contributed by atoms with van der Waals surface area (Å²) in [6, 6.07) is 0. The van der Waals surface area contributed by atoms with Crippen LogP contribution in [-0.4, -0.2) is 36.0 Å². The molecule has 1 heterocycles.